The maximum absolute atomic E-state index is 10.8. The lowest BCUT2D eigenvalue weighted by molar-refractivity contribution is -0.169. The van der Waals surface area contributed by atoms with Crippen molar-refractivity contribution in [2.24, 2.45) is 52.3 Å². The fourth-order valence-electron chi connectivity index (χ4n) is 9.55. The topological polar surface area (TPSA) is 188 Å². The lowest BCUT2D eigenvalue weighted by atomic mass is 9.47. The first kappa shape index (κ1) is 44.4. The highest BCUT2D eigenvalue weighted by Crippen LogP contribution is 2.67. The number of hydrogen-bond donors (Lipinski definition) is 5. The summed E-state index contributed by atoms with van der Waals surface area (Å²) in [6.07, 6.45) is 17.7. The van der Waals surface area contributed by atoms with Crippen LogP contribution in [0.2, 0.25) is 0 Å². The van der Waals surface area contributed by atoms with E-state index in [1.165, 1.54) is 44.9 Å². The molecule has 4 rings (SSSR count). The molecular formula is C40H66O11. The molecule has 292 valence electrons. The van der Waals surface area contributed by atoms with Crippen LogP contribution in [0.1, 0.15) is 125 Å². The van der Waals surface area contributed by atoms with E-state index in [2.05, 4.69) is 69.2 Å². The van der Waals surface area contributed by atoms with E-state index in [0.29, 0.717) is 16.7 Å². The average molecular weight is 723 g/mol. The Labute approximate surface area is 304 Å². The molecule has 0 radical (unpaired) electrons. The van der Waals surface area contributed by atoms with Crippen molar-refractivity contribution in [3.05, 3.63) is 23.8 Å². The molecule has 4 aliphatic carbocycles. The van der Waals surface area contributed by atoms with Gasteiger partial charge in [0.25, 0.3) is 0 Å². The van der Waals surface area contributed by atoms with E-state index in [-0.39, 0.29) is 45.0 Å². The maximum atomic E-state index is 10.8. The lowest BCUT2D eigenvalue weighted by Gasteiger charge is -2.58. The van der Waals surface area contributed by atoms with Crippen LogP contribution in [0.4, 0.5) is 0 Å². The highest BCUT2D eigenvalue weighted by Gasteiger charge is 2.59. The molecule has 0 aliphatic heterocycles. The average Bonchev–Trinajstić information content (AvgIpc) is 3.44. The molecule has 3 fully saturated rings. The fraction of sp³-hybridized carbons (Fsp3) is 0.800. The summed E-state index contributed by atoms with van der Waals surface area (Å²) in [5, 5.41) is 42.0. The highest BCUT2D eigenvalue weighted by atomic mass is 16.7. The summed E-state index contributed by atoms with van der Waals surface area (Å²) in [5.41, 5.74) is 2.51. The van der Waals surface area contributed by atoms with E-state index in [1.54, 1.807) is 5.57 Å². The van der Waals surface area contributed by atoms with Crippen LogP contribution >= 0.6 is 0 Å². The van der Waals surface area contributed by atoms with Gasteiger partial charge in [0.15, 0.2) is 0 Å². The number of esters is 2. The Bertz CT molecular complexity index is 1160. The van der Waals surface area contributed by atoms with Crippen molar-refractivity contribution in [3.8, 4) is 0 Å². The number of ether oxygens (including phenoxy) is 2. The number of aliphatic carboxylic acids is 2. The molecule has 0 aromatic rings. The summed E-state index contributed by atoms with van der Waals surface area (Å²) in [6.45, 7) is 13.9. The van der Waals surface area contributed by atoms with Crippen molar-refractivity contribution in [1.29, 1.82) is 0 Å². The van der Waals surface area contributed by atoms with E-state index in [0.717, 1.165) is 48.3 Å². The molecule has 0 heterocycles. The predicted octanol–water partition coefficient (Wildman–Crippen LogP) is 6.53. The van der Waals surface area contributed by atoms with Gasteiger partial charge >= 0.3 is 23.9 Å². The standard InChI is InChI=1S/C29H48O.C9H12O8.C2H6O2/c1-7-21(19(2)3)9-8-20(4)25-12-13-26-24-11-10-22-18-23(30)14-16-28(22,5)27(24)15-17-29(25,26)6;10-6(11)1-3-8(14)16-5-17-9(15)4-2-7(12)13;3-1-2-4/h8-10,19-21,23-27,30H,7,11-18H2,1-6H3;1-5H2,(H,10,11)(H,12,13);3-4H,1-2H2/b9-8+;;/t20-,21-,23+,24+,25-,26+,27+,28+,29-;;/m1../s1. The first-order valence-electron chi connectivity index (χ1n) is 19.1. The van der Waals surface area contributed by atoms with E-state index in [1.807, 2.05) is 0 Å². The first-order chi connectivity index (χ1) is 24.0. The van der Waals surface area contributed by atoms with Crippen molar-refractivity contribution < 1.29 is 54.2 Å². The molecule has 5 N–H and O–H groups in total. The SMILES string of the molecule is CC[C@H](/C=C/[C@@H](C)[C@H]1CC[C@H]2[C@@H]3CC=C4C[C@@H](O)CC[C@]4(C)[C@H]3CC[C@]12C)C(C)C.O=C(O)CCC(=O)OCOC(=O)CCC(=O)O.OCCO. The van der Waals surface area contributed by atoms with Crippen molar-refractivity contribution >= 4 is 23.9 Å². The zero-order valence-electron chi connectivity index (χ0n) is 31.9. The predicted molar refractivity (Wildman–Crippen MR) is 193 cm³/mol. The molecule has 0 aromatic carbocycles. The highest BCUT2D eigenvalue weighted by molar-refractivity contribution is 5.77. The van der Waals surface area contributed by atoms with Gasteiger partial charge in [0, 0.05) is 0 Å². The second-order valence-electron chi connectivity index (χ2n) is 15.8. The van der Waals surface area contributed by atoms with Gasteiger partial charge in [0.1, 0.15) is 0 Å². The molecule has 3 saturated carbocycles. The van der Waals surface area contributed by atoms with Crippen LogP contribution in [0.5, 0.6) is 0 Å². The molecule has 0 spiro atoms. The number of carboxylic acids is 2. The van der Waals surface area contributed by atoms with Crippen LogP contribution in [0.3, 0.4) is 0 Å². The smallest absolute Gasteiger partial charge is 0.309 e. The third-order valence-corrected chi connectivity index (χ3v) is 12.4. The number of hydrogen-bond acceptors (Lipinski definition) is 9. The van der Waals surface area contributed by atoms with Crippen LogP contribution in [0, 0.1) is 52.3 Å². The third-order valence-electron chi connectivity index (χ3n) is 12.4. The molecule has 0 saturated heterocycles. The fourth-order valence-corrected chi connectivity index (χ4v) is 9.55. The Kier molecular flexibility index (Phi) is 18.3. The van der Waals surface area contributed by atoms with Gasteiger partial charge in [-0.15, -0.1) is 0 Å². The maximum Gasteiger partial charge on any atom is 0.309 e. The minimum Gasteiger partial charge on any atom is -0.481 e. The summed E-state index contributed by atoms with van der Waals surface area (Å²) in [6, 6.07) is 0. The van der Waals surface area contributed by atoms with Crippen LogP contribution < -0.4 is 0 Å². The van der Waals surface area contributed by atoms with E-state index in [4.69, 9.17) is 20.4 Å². The van der Waals surface area contributed by atoms with Crippen LogP contribution in [-0.2, 0) is 28.7 Å². The minimum absolute atomic E-state index is 0.0870. The van der Waals surface area contributed by atoms with Gasteiger partial charge < -0.3 is 35.0 Å². The number of carboxylic acid groups (broad SMARTS) is 2. The molecule has 11 heteroatoms. The molecule has 51 heavy (non-hydrogen) atoms. The Morgan fingerprint density at radius 3 is 1.94 bits per heavy atom. The Balaban J connectivity index is 0.000000365. The summed E-state index contributed by atoms with van der Waals surface area (Å²) in [5.74, 6) is 1.81. The van der Waals surface area contributed by atoms with Crippen LogP contribution in [0.25, 0.3) is 0 Å². The second kappa shape index (κ2) is 21.1. The normalized spacial score (nSPS) is 30.5. The van der Waals surface area contributed by atoms with Gasteiger partial charge in [-0.3, -0.25) is 19.2 Å². The number of aliphatic hydroxyl groups excluding tert-OH is 3. The Hall–Kier alpha value is -2.76. The van der Waals surface area contributed by atoms with Crippen molar-refractivity contribution in [1.82, 2.24) is 0 Å². The van der Waals surface area contributed by atoms with E-state index < -0.39 is 30.7 Å². The van der Waals surface area contributed by atoms with Gasteiger partial charge in [-0.05, 0) is 110 Å². The number of carbonyl (C=O) groups is 4. The zero-order chi connectivity index (χ0) is 38.4. The van der Waals surface area contributed by atoms with Crippen LogP contribution in [0.15, 0.2) is 23.8 Å². The molecule has 0 amide bonds. The minimum atomic E-state index is -1.14. The van der Waals surface area contributed by atoms with Crippen molar-refractivity contribution in [3.63, 3.8) is 0 Å². The number of carbonyl (C=O) groups excluding carboxylic acids is 2. The van der Waals surface area contributed by atoms with Crippen molar-refractivity contribution in [2.75, 3.05) is 20.0 Å². The van der Waals surface area contributed by atoms with Crippen molar-refractivity contribution in [2.45, 2.75) is 131 Å². The first-order valence-corrected chi connectivity index (χ1v) is 19.1. The summed E-state index contributed by atoms with van der Waals surface area (Å²) in [7, 11) is 0. The van der Waals surface area contributed by atoms with Crippen LogP contribution in [-0.4, -0.2) is 75.5 Å². The quantitative estimate of drug-likeness (QED) is 0.0745. The van der Waals surface area contributed by atoms with Gasteiger partial charge in [0.05, 0.1) is 45.0 Å². The number of rotatable bonds is 14. The van der Waals surface area contributed by atoms with Gasteiger partial charge in [-0.25, -0.2) is 0 Å². The van der Waals surface area contributed by atoms with E-state index >= 15 is 0 Å². The van der Waals surface area contributed by atoms with Gasteiger partial charge in [-0.2, -0.15) is 0 Å². The third kappa shape index (κ3) is 12.7. The molecule has 0 unspecified atom stereocenters. The number of allylic oxidation sites excluding steroid dienone is 3. The molecule has 9 atom stereocenters. The lowest BCUT2D eigenvalue weighted by Crippen LogP contribution is -2.50. The summed E-state index contributed by atoms with van der Waals surface area (Å²) >= 11 is 0. The summed E-state index contributed by atoms with van der Waals surface area (Å²) in [4.78, 5) is 41.8. The Morgan fingerprint density at radius 2 is 1.43 bits per heavy atom. The van der Waals surface area contributed by atoms with Gasteiger partial charge in [-0.1, -0.05) is 65.3 Å². The largest absolute Gasteiger partial charge is 0.481 e. The monoisotopic (exact) mass is 722 g/mol. The molecular weight excluding hydrogens is 656 g/mol. The molecule has 0 bridgehead atoms. The van der Waals surface area contributed by atoms with Gasteiger partial charge in [0.2, 0.25) is 6.79 Å². The molecule has 11 nitrogen and oxygen atoms in total. The number of fused-ring (bicyclic) bond motifs is 5. The summed E-state index contributed by atoms with van der Waals surface area (Å²) < 4.78 is 8.75. The second-order valence-corrected chi connectivity index (χ2v) is 15.8. The molecule has 4 aliphatic rings. The zero-order valence-corrected chi connectivity index (χ0v) is 31.9. The number of aliphatic hydroxyl groups is 3. The Morgan fingerprint density at radius 1 is 0.843 bits per heavy atom. The molecule has 0 aromatic heterocycles. The van der Waals surface area contributed by atoms with E-state index in [9.17, 15) is 24.3 Å².